The van der Waals surface area contributed by atoms with Gasteiger partial charge in [0, 0.05) is 22.2 Å². The molecule has 6 heteroatoms. The second-order valence-electron chi connectivity index (χ2n) is 5.97. The third-order valence-electron chi connectivity index (χ3n) is 3.84. The van der Waals surface area contributed by atoms with Crippen molar-refractivity contribution in [1.82, 2.24) is 10.2 Å². The van der Waals surface area contributed by atoms with Gasteiger partial charge in [-0.2, -0.15) is 0 Å². The highest BCUT2D eigenvalue weighted by molar-refractivity contribution is 6.30. The Balaban J connectivity index is 1.91. The summed E-state index contributed by atoms with van der Waals surface area (Å²) in [6.45, 7) is 2.78. The first-order valence-corrected chi connectivity index (χ1v) is 8.70. The Bertz CT molecular complexity index is 720. The molecule has 0 heterocycles. The summed E-state index contributed by atoms with van der Waals surface area (Å²) in [6.07, 6.45) is 0. The van der Waals surface area contributed by atoms with Crippen molar-refractivity contribution >= 4 is 29.1 Å². The summed E-state index contributed by atoms with van der Waals surface area (Å²) in [7, 11) is 3.50. The standard InChI is InChI=1S/C19H22Cl2N2O2/c1-13(14-4-6-16(20)7-5-14)22-19(24)12-23(2)11-15-10-17(21)8-9-18(15)25-3/h4-10,13H,11-12H2,1-3H3,(H,22,24)/t13-/m0/s1. The molecule has 0 saturated heterocycles. The third-order valence-corrected chi connectivity index (χ3v) is 4.33. The molecule has 0 bridgehead atoms. The van der Waals surface area contributed by atoms with E-state index < -0.39 is 0 Å². The lowest BCUT2D eigenvalue weighted by Crippen LogP contribution is -2.36. The van der Waals surface area contributed by atoms with Gasteiger partial charge in [0.2, 0.25) is 5.91 Å². The van der Waals surface area contributed by atoms with E-state index in [0.29, 0.717) is 16.6 Å². The van der Waals surface area contributed by atoms with Crippen LogP contribution in [0.15, 0.2) is 42.5 Å². The van der Waals surface area contributed by atoms with Gasteiger partial charge in [0.25, 0.3) is 0 Å². The lowest BCUT2D eigenvalue weighted by atomic mass is 10.1. The Labute approximate surface area is 158 Å². The monoisotopic (exact) mass is 380 g/mol. The van der Waals surface area contributed by atoms with Gasteiger partial charge in [0.05, 0.1) is 19.7 Å². The SMILES string of the molecule is COc1ccc(Cl)cc1CN(C)CC(=O)N[C@@H](C)c1ccc(Cl)cc1. The number of benzene rings is 2. The van der Waals surface area contributed by atoms with Crippen LogP contribution in [0.5, 0.6) is 5.75 Å². The summed E-state index contributed by atoms with van der Waals surface area (Å²) < 4.78 is 5.34. The maximum absolute atomic E-state index is 12.3. The van der Waals surface area contributed by atoms with E-state index >= 15 is 0 Å². The number of nitrogens with one attached hydrogen (secondary N) is 1. The number of hydrogen-bond acceptors (Lipinski definition) is 3. The van der Waals surface area contributed by atoms with Gasteiger partial charge in [0.1, 0.15) is 5.75 Å². The Morgan fingerprint density at radius 2 is 1.80 bits per heavy atom. The number of amides is 1. The molecule has 0 aromatic heterocycles. The highest BCUT2D eigenvalue weighted by Crippen LogP contribution is 2.23. The van der Waals surface area contributed by atoms with Gasteiger partial charge in [-0.3, -0.25) is 9.69 Å². The van der Waals surface area contributed by atoms with E-state index in [2.05, 4.69) is 5.32 Å². The molecule has 0 radical (unpaired) electrons. The van der Waals surface area contributed by atoms with Crippen LogP contribution in [0.2, 0.25) is 10.0 Å². The molecular weight excluding hydrogens is 359 g/mol. The Morgan fingerprint density at radius 1 is 1.16 bits per heavy atom. The van der Waals surface area contributed by atoms with E-state index in [9.17, 15) is 4.79 Å². The predicted molar refractivity (Wildman–Crippen MR) is 102 cm³/mol. The second-order valence-corrected chi connectivity index (χ2v) is 6.84. The molecule has 0 saturated carbocycles. The summed E-state index contributed by atoms with van der Waals surface area (Å²) >= 11 is 11.9. The van der Waals surface area contributed by atoms with Gasteiger partial charge in [-0.25, -0.2) is 0 Å². The maximum Gasteiger partial charge on any atom is 0.234 e. The number of carbonyl (C=O) groups is 1. The van der Waals surface area contributed by atoms with Gasteiger partial charge in [-0.05, 0) is 49.9 Å². The van der Waals surface area contributed by atoms with Gasteiger partial charge in [-0.1, -0.05) is 35.3 Å². The van der Waals surface area contributed by atoms with Crippen LogP contribution in [0.4, 0.5) is 0 Å². The van der Waals surface area contributed by atoms with Gasteiger partial charge in [0.15, 0.2) is 0 Å². The summed E-state index contributed by atoms with van der Waals surface area (Å²) in [5.41, 5.74) is 1.95. The smallest absolute Gasteiger partial charge is 0.234 e. The van der Waals surface area contributed by atoms with Crippen molar-refractivity contribution in [3.8, 4) is 5.75 Å². The summed E-state index contributed by atoms with van der Waals surface area (Å²) in [5.74, 6) is 0.706. The molecular formula is C19H22Cl2N2O2. The minimum atomic E-state index is -0.0844. The molecule has 0 unspecified atom stereocenters. The van der Waals surface area contributed by atoms with Gasteiger partial charge in [-0.15, -0.1) is 0 Å². The molecule has 0 fully saturated rings. The molecule has 4 nitrogen and oxygen atoms in total. The van der Waals surface area contributed by atoms with Crippen molar-refractivity contribution in [1.29, 1.82) is 0 Å². The number of ether oxygens (including phenoxy) is 1. The number of hydrogen-bond donors (Lipinski definition) is 1. The van der Waals surface area contributed by atoms with E-state index in [4.69, 9.17) is 27.9 Å². The molecule has 2 rings (SSSR count). The Kier molecular flexibility index (Phi) is 7.12. The molecule has 0 aliphatic rings. The van der Waals surface area contributed by atoms with Crippen LogP contribution in [-0.4, -0.2) is 31.5 Å². The minimum absolute atomic E-state index is 0.0501. The fraction of sp³-hybridized carbons (Fsp3) is 0.316. The summed E-state index contributed by atoms with van der Waals surface area (Å²) in [5, 5.41) is 4.31. The van der Waals surface area contributed by atoms with Crippen LogP contribution >= 0.6 is 23.2 Å². The predicted octanol–water partition coefficient (Wildman–Crippen LogP) is 4.31. The lowest BCUT2D eigenvalue weighted by Gasteiger charge is -2.20. The fourth-order valence-electron chi connectivity index (χ4n) is 2.58. The second kappa shape index (κ2) is 9.09. The van der Waals surface area contributed by atoms with Crippen LogP contribution in [0.3, 0.4) is 0 Å². The zero-order valence-corrected chi connectivity index (χ0v) is 16.1. The number of rotatable bonds is 7. The number of likely N-dealkylation sites (N-methyl/N-ethyl adjacent to an activating group) is 1. The number of carbonyl (C=O) groups excluding carboxylic acids is 1. The van der Waals surface area contributed by atoms with Crippen LogP contribution in [0.25, 0.3) is 0 Å². The van der Waals surface area contributed by atoms with E-state index in [1.807, 2.05) is 55.3 Å². The topological polar surface area (TPSA) is 41.6 Å². The third kappa shape index (κ3) is 5.92. The van der Waals surface area contributed by atoms with Crippen molar-refractivity contribution in [3.63, 3.8) is 0 Å². The molecule has 0 spiro atoms. The molecule has 1 amide bonds. The highest BCUT2D eigenvalue weighted by atomic mass is 35.5. The molecule has 2 aromatic carbocycles. The first-order chi connectivity index (χ1) is 11.9. The molecule has 1 atom stereocenters. The molecule has 0 aliphatic heterocycles. The normalized spacial score (nSPS) is 12.1. The van der Waals surface area contributed by atoms with Crippen LogP contribution in [0, 0.1) is 0 Å². The summed E-state index contributed by atoms with van der Waals surface area (Å²) in [4.78, 5) is 14.2. The van der Waals surface area contributed by atoms with E-state index in [-0.39, 0.29) is 18.5 Å². The summed E-state index contributed by atoms with van der Waals surface area (Å²) in [6, 6.07) is 12.8. The molecule has 1 N–H and O–H groups in total. The number of halogens is 2. The average Bonchev–Trinajstić information content (AvgIpc) is 2.55. The largest absolute Gasteiger partial charge is 0.496 e. The van der Waals surface area contributed by atoms with Crippen molar-refractivity contribution in [2.24, 2.45) is 0 Å². The average molecular weight is 381 g/mol. The molecule has 0 aliphatic carbocycles. The van der Waals surface area contributed by atoms with Crippen molar-refractivity contribution in [3.05, 3.63) is 63.6 Å². The van der Waals surface area contributed by atoms with Gasteiger partial charge >= 0.3 is 0 Å². The quantitative estimate of drug-likeness (QED) is 0.777. The highest BCUT2D eigenvalue weighted by Gasteiger charge is 2.13. The zero-order chi connectivity index (χ0) is 18.4. The van der Waals surface area contributed by atoms with E-state index in [1.54, 1.807) is 13.2 Å². The van der Waals surface area contributed by atoms with E-state index in [1.165, 1.54) is 0 Å². The van der Waals surface area contributed by atoms with Crippen molar-refractivity contribution in [2.75, 3.05) is 20.7 Å². The number of nitrogens with zero attached hydrogens (tertiary/aromatic N) is 1. The van der Waals surface area contributed by atoms with E-state index in [0.717, 1.165) is 16.9 Å². The van der Waals surface area contributed by atoms with Crippen LogP contribution in [0.1, 0.15) is 24.1 Å². The first-order valence-electron chi connectivity index (χ1n) is 7.95. The first kappa shape index (κ1) is 19.6. The minimum Gasteiger partial charge on any atom is -0.496 e. The van der Waals surface area contributed by atoms with Crippen molar-refractivity contribution in [2.45, 2.75) is 19.5 Å². The Morgan fingerprint density at radius 3 is 2.44 bits per heavy atom. The zero-order valence-electron chi connectivity index (χ0n) is 14.6. The molecule has 2 aromatic rings. The number of methoxy groups -OCH3 is 1. The maximum atomic E-state index is 12.3. The molecule has 134 valence electrons. The van der Waals surface area contributed by atoms with Crippen LogP contribution < -0.4 is 10.1 Å². The van der Waals surface area contributed by atoms with Gasteiger partial charge < -0.3 is 10.1 Å². The van der Waals surface area contributed by atoms with Crippen molar-refractivity contribution < 1.29 is 9.53 Å². The lowest BCUT2D eigenvalue weighted by molar-refractivity contribution is -0.122. The molecule has 25 heavy (non-hydrogen) atoms. The Hall–Kier alpha value is -1.75. The fourth-order valence-corrected chi connectivity index (χ4v) is 2.91. The van der Waals surface area contributed by atoms with Crippen LogP contribution in [-0.2, 0) is 11.3 Å².